The Labute approximate surface area is 115 Å². The van der Waals surface area contributed by atoms with Crippen LogP contribution in [0.2, 0.25) is 0 Å². The molecule has 2 aromatic rings. The van der Waals surface area contributed by atoms with Crippen molar-refractivity contribution < 1.29 is 13.6 Å². The summed E-state index contributed by atoms with van der Waals surface area (Å²) in [5.74, 6) is -1.45. The largest absolute Gasteiger partial charge is 0.379 e. The lowest BCUT2D eigenvalue weighted by molar-refractivity contribution is -0.114. The smallest absolute Gasteiger partial charge is 0.221 e. The van der Waals surface area contributed by atoms with Crippen LogP contribution in [0.15, 0.2) is 42.5 Å². The molecule has 0 atom stereocenters. The number of para-hydroxylation sites is 1. The van der Waals surface area contributed by atoms with Gasteiger partial charge in [-0.1, -0.05) is 18.2 Å². The van der Waals surface area contributed by atoms with Crippen molar-refractivity contribution in [2.24, 2.45) is 0 Å². The Kier molecular flexibility index (Phi) is 4.30. The second-order valence-corrected chi connectivity index (χ2v) is 4.32. The van der Waals surface area contributed by atoms with Gasteiger partial charge in [-0.3, -0.25) is 4.79 Å². The van der Waals surface area contributed by atoms with Crippen LogP contribution in [0, 0.1) is 11.6 Å². The van der Waals surface area contributed by atoms with Crippen molar-refractivity contribution in [1.82, 2.24) is 0 Å². The van der Waals surface area contributed by atoms with Gasteiger partial charge in [0.2, 0.25) is 5.91 Å². The molecule has 0 saturated heterocycles. The molecular formula is C15H14F2N2O. The van der Waals surface area contributed by atoms with Crippen LogP contribution in [0.4, 0.5) is 20.2 Å². The van der Waals surface area contributed by atoms with Gasteiger partial charge in [-0.2, -0.15) is 0 Å². The molecule has 3 nitrogen and oxygen atoms in total. The predicted octanol–water partition coefficient (Wildman–Crippen LogP) is 3.54. The molecule has 0 spiro atoms. The number of anilines is 2. The van der Waals surface area contributed by atoms with Crippen molar-refractivity contribution in [3.63, 3.8) is 0 Å². The summed E-state index contributed by atoms with van der Waals surface area (Å²) < 4.78 is 26.3. The van der Waals surface area contributed by atoms with E-state index in [1.807, 2.05) is 12.1 Å². The van der Waals surface area contributed by atoms with Crippen molar-refractivity contribution in [3.8, 4) is 0 Å². The third-order valence-corrected chi connectivity index (χ3v) is 2.73. The van der Waals surface area contributed by atoms with Crippen LogP contribution < -0.4 is 10.6 Å². The van der Waals surface area contributed by atoms with E-state index in [2.05, 4.69) is 10.6 Å². The number of nitrogens with one attached hydrogen (secondary N) is 2. The maximum atomic E-state index is 13.5. The van der Waals surface area contributed by atoms with Crippen molar-refractivity contribution in [1.29, 1.82) is 0 Å². The highest BCUT2D eigenvalue weighted by molar-refractivity contribution is 5.89. The van der Waals surface area contributed by atoms with Gasteiger partial charge in [0.15, 0.2) is 0 Å². The van der Waals surface area contributed by atoms with E-state index in [1.165, 1.54) is 19.1 Å². The second kappa shape index (κ2) is 6.14. The Morgan fingerprint density at radius 1 is 1.10 bits per heavy atom. The summed E-state index contributed by atoms with van der Waals surface area (Å²) in [5, 5.41) is 5.58. The normalized spacial score (nSPS) is 10.2. The highest BCUT2D eigenvalue weighted by Gasteiger charge is 2.06. The second-order valence-electron chi connectivity index (χ2n) is 4.32. The zero-order valence-corrected chi connectivity index (χ0v) is 10.9. The number of hydrogen-bond donors (Lipinski definition) is 2. The zero-order chi connectivity index (χ0) is 14.5. The fraction of sp³-hybridized carbons (Fsp3) is 0.133. The van der Waals surface area contributed by atoms with Crippen molar-refractivity contribution >= 4 is 17.3 Å². The van der Waals surface area contributed by atoms with Crippen LogP contribution in [0.25, 0.3) is 0 Å². The lowest BCUT2D eigenvalue weighted by Gasteiger charge is -2.12. The first kappa shape index (κ1) is 14.0. The number of carbonyl (C=O) groups excluding carboxylic acids is 1. The molecule has 0 aliphatic rings. The summed E-state index contributed by atoms with van der Waals surface area (Å²) in [6.07, 6.45) is 0. The van der Waals surface area contributed by atoms with Gasteiger partial charge in [0, 0.05) is 25.2 Å². The summed E-state index contributed by atoms with van der Waals surface area (Å²) in [7, 11) is 0. The lowest BCUT2D eigenvalue weighted by Crippen LogP contribution is -2.10. The van der Waals surface area contributed by atoms with Crippen LogP contribution >= 0.6 is 0 Å². The molecular weight excluding hydrogens is 262 g/mol. The summed E-state index contributed by atoms with van der Waals surface area (Å²) >= 11 is 0. The van der Waals surface area contributed by atoms with E-state index < -0.39 is 11.6 Å². The van der Waals surface area contributed by atoms with E-state index >= 15 is 0 Å². The van der Waals surface area contributed by atoms with E-state index in [-0.39, 0.29) is 11.6 Å². The molecule has 0 bridgehead atoms. The standard InChI is InChI=1S/C15H14F2N2O/c1-10(20)19-14-5-3-2-4-11(14)9-18-15-7-6-12(16)8-13(15)17/h2-8,18H,9H2,1H3,(H,19,20). The summed E-state index contributed by atoms with van der Waals surface area (Å²) in [5.41, 5.74) is 1.69. The first-order chi connectivity index (χ1) is 9.56. The molecule has 5 heteroatoms. The Hall–Kier alpha value is -2.43. The van der Waals surface area contributed by atoms with Gasteiger partial charge in [0.05, 0.1) is 5.69 Å². The van der Waals surface area contributed by atoms with Gasteiger partial charge in [0.25, 0.3) is 0 Å². The summed E-state index contributed by atoms with van der Waals surface area (Å²) in [6, 6.07) is 10.6. The zero-order valence-electron chi connectivity index (χ0n) is 10.9. The number of amides is 1. The molecule has 0 radical (unpaired) electrons. The molecule has 2 N–H and O–H groups in total. The first-order valence-electron chi connectivity index (χ1n) is 6.10. The maximum absolute atomic E-state index is 13.5. The Morgan fingerprint density at radius 3 is 2.55 bits per heavy atom. The van der Waals surface area contributed by atoms with Crippen LogP contribution in [0.1, 0.15) is 12.5 Å². The van der Waals surface area contributed by atoms with E-state index in [4.69, 9.17) is 0 Å². The average molecular weight is 276 g/mol. The van der Waals surface area contributed by atoms with Crippen LogP contribution in [-0.4, -0.2) is 5.91 Å². The van der Waals surface area contributed by atoms with Crippen LogP contribution in [0.3, 0.4) is 0 Å². The maximum Gasteiger partial charge on any atom is 0.221 e. The topological polar surface area (TPSA) is 41.1 Å². The number of rotatable bonds is 4. The third-order valence-electron chi connectivity index (χ3n) is 2.73. The van der Waals surface area contributed by atoms with Gasteiger partial charge in [-0.05, 0) is 23.8 Å². The first-order valence-corrected chi connectivity index (χ1v) is 6.10. The van der Waals surface area contributed by atoms with E-state index in [0.29, 0.717) is 12.2 Å². The minimum Gasteiger partial charge on any atom is -0.379 e. The predicted molar refractivity (Wildman–Crippen MR) is 74.4 cm³/mol. The molecule has 20 heavy (non-hydrogen) atoms. The van der Waals surface area contributed by atoms with E-state index in [1.54, 1.807) is 12.1 Å². The molecule has 0 aliphatic carbocycles. The van der Waals surface area contributed by atoms with E-state index in [0.717, 1.165) is 11.6 Å². The minimum absolute atomic E-state index is 0.176. The van der Waals surface area contributed by atoms with Crippen LogP contribution in [-0.2, 0) is 11.3 Å². The molecule has 0 aromatic heterocycles. The third kappa shape index (κ3) is 3.54. The summed E-state index contributed by atoms with van der Waals surface area (Å²) in [6.45, 7) is 1.74. The van der Waals surface area contributed by atoms with Gasteiger partial charge in [0.1, 0.15) is 11.6 Å². The number of benzene rings is 2. The Balaban J connectivity index is 2.12. The van der Waals surface area contributed by atoms with Crippen LogP contribution in [0.5, 0.6) is 0 Å². The van der Waals surface area contributed by atoms with Gasteiger partial charge >= 0.3 is 0 Å². The van der Waals surface area contributed by atoms with Crippen molar-refractivity contribution in [3.05, 3.63) is 59.7 Å². The van der Waals surface area contributed by atoms with Gasteiger partial charge in [-0.15, -0.1) is 0 Å². The molecule has 1 amide bonds. The monoisotopic (exact) mass is 276 g/mol. The average Bonchev–Trinajstić information content (AvgIpc) is 2.39. The molecule has 0 saturated carbocycles. The summed E-state index contributed by atoms with van der Waals surface area (Å²) in [4.78, 5) is 11.1. The highest BCUT2D eigenvalue weighted by Crippen LogP contribution is 2.19. The molecule has 2 rings (SSSR count). The fourth-order valence-corrected chi connectivity index (χ4v) is 1.81. The SMILES string of the molecule is CC(=O)Nc1ccccc1CNc1ccc(F)cc1F. The number of hydrogen-bond acceptors (Lipinski definition) is 2. The lowest BCUT2D eigenvalue weighted by atomic mass is 10.1. The molecule has 0 unspecified atom stereocenters. The van der Waals surface area contributed by atoms with Crippen molar-refractivity contribution in [2.45, 2.75) is 13.5 Å². The Bertz CT molecular complexity index is 629. The molecule has 104 valence electrons. The molecule has 0 fully saturated rings. The van der Waals surface area contributed by atoms with Crippen molar-refractivity contribution in [2.75, 3.05) is 10.6 Å². The van der Waals surface area contributed by atoms with Gasteiger partial charge < -0.3 is 10.6 Å². The molecule has 0 heterocycles. The number of carbonyl (C=O) groups is 1. The molecule has 2 aromatic carbocycles. The fourth-order valence-electron chi connectivity index (χ4n) is 1.81. The molecule has 0 aliphatic heterocycles. The quantitative estimate of drug-likeness (QED) is 0.896. The van der Waals surface area contributed by atoms with E-state index in [9.17, 15) is 13.6 Å². The Morgan fingerprint density at radius 2 is 1.85 bits per heavy atom. The number of halogens is 2. The minimum atomic E-state index is -0.651. The van der Waals surface area contributed by atoms with Gasteiger partial charge in [-0.25, -0.2) is 8.78 Å². The highest BCUT2D eigenvalue weighted by atomic mass is 19.1.